The minimum Gasteiger partial charge on any atom is -0.357 e. The van der Waals surface area contributed by atoms with E-state index in [4.69, 9.17) is 0 Å². The number of carbonyl (C=O) groups is 2. The number of halogens is 1. The lowest BCUT2D eigenvalue weighted by Gasteiger charge is -2.31. The Morgan fingerprint density at radius 3 is 2.08 bits per heavy atom. The third-order valence-corrected chi connectivity index (χ3v) is 8.15. The molecule has 0 aromatic heterocycles. The van der Waals surface area contributed by atoms with Gasteiger partial charge in [0.25, 0.3) is 10.0 Å². The number of rotatable bonds is 9. The number of anilines is 1. The molecule has 0 saturated carbocycles. The Hall–Kier alpha value is -3.17. The lowest BCUT2D eigenvalue weighted by atomic mass is 10.1. The Balaban J connectivity index is 2.02. The minimum atomic E-state index is -4.07. The molecule has 1 N–H and O–H groups in total. The van der Waals surface area contributed by atoms with Gasteiger partial charge < -0.3 is 10.2 Å². The average Bonchev–Trinajstić information content (AvgIpc) is 2.85. The van der Waals surface area contributed by atoms with Gasteiger partial charge in [0.15, 0.2) is 0 Å². The van der Waals surface area contributed by atoms with E-state index in [1.807, 2.05) is 38.1 Å². The Bertz CT molecular complexity index is 1330. The number of nitrogens with zero attached hydrogens (tertiary/aromatic N) is 2. The first-order valence-electron chi connectivity index (χ1n) is 11.4. The quantitative estimate of drug-likeness (QED) is 0.411. The third-order valence-electron chi connectivity index (χ3n) is 5.87. The molecular formula is C27H30BrN3O4S. The molecule has 9 heteroatoms. The molecule has 0 aliphatic carbocycles. The van der Waals surface area contributed by atoms with Crippen molar-refractivity contribution in [1.29, 1.82) is 0 Å². The number of amides is 2. The van der Waals surface area contributed by atoms with Gasteiger partial charge in [-0.3, -0.25) is 13.9 Å². The van der Waals surface area contributed by atoms with Crippen LogP contribution in [0.3, 0.4) is 0 Å². The van der Waals surface area contributed by atoms with Crippen LogP contribution in [0.4, 0.5) is 5.69 Å². The van der Waals surface area contributed by atoms with Crippen molar-refractivity contribution >= 4 is 43.5 Å². The van der Waals surface area contributed by atoms with E-state index in [1.54, 1.807) is 43.3 Å². The standard InChI is InChI=1S/C27H30BrN3O4S/c1-19-8-12-24(13-9-19)31(36(34,35)25-14-10-20(2)11-15-25)18-26(32)30(21(3)27(33)29-4)17-22-6-5-7-23(28)16-22/h5-16,21H,17-18H2,1-4H3,(H,29,33)/t21-/m1/s1. The lowest BCUT2D eigenvalue weighted by molar-refractivity contribution is -0.139. The van der Waals surface area contributed by atoms with Crippen LogP contribution in [0.2, 0.25) is 0 Å². The Morgan fingerprint density at radius 1 is 0.944 bits per heavy atom. The summed E-state index contributed by atoms with van der Waals surface area (Å²) in [5.74, 6) is -0.844. The van der Waals surface area contributed by atoms with E-state index in [0.717, 1.165) is 25.5 Å². The van der Waals surface area contributed by atoms with Crippen molar-refractivity contribution in [3.05, 3.63) is 94.0 Å². The number of sulfonamides is 1. The molecule has 190 valence electrons. The number of likely N-dealkylation sites (N-methyl/N-ethyl adjacent to an activating group) is 1. The highest BCUT2D eigenvalue weighted by Gasteiger charge is 2.32. The second kappa shape index (κ2) is 11.7. The summed E-state index contributed by atoms with van der Waals surface area (Å²) in [6, 6.07) is 20.0. The normalized spacial score (nSPS) is 12.0. The van der Waals surface area contributed by atoms with Crippen LogP contribution in [0.15, 0.2) is 82.2 Å². The summed E-state index contributed by atoms with van der Waals surface area (Å²) in [4.78, 5) is 27.7. The monoisotopic (exact) mass is 571 g/mol. The van der Waals surface area contributed by atoms with Crippen molar-refractivity contribution in [1.82, 2.24) is 10.2 Å². The molecule has 0 aliphatic rings. The second-order valence-electron chi connectivity index (χ2n) is 8.60. The van der Waals surface area contributed by atoms with Gasteiger partial charge in [-0.25, -0.2) is 8.42 Å². The summed E-state index contributed by atoms with van der Waals surface area (Å²) >= 11 is 3.43. The van der Waals surface area contributed by atoms with Crippen molar-refractivity contribution in [3.8, 4) is 0 Å². The fourth-order valence-corrected chi connectivity index (χ4v) is 5.56. The number of hydrogen-bond donors (Lipinski definition) is 1. The van der Waals surface area contributed by atoms with Gasteiger partial charge in [-0.1, -0.05) is 63.5 Å². The molecule has 0 aliphatic heterocycles. The average molecular weight is 573 g/mol. The van der Waals surface area contributed by atoms with E-state index < -0.39 is 28.5 Å². The minimum absolute atomic E-state index is 0.0827. The molecule has 3 rings (SSSR count). The molecule has 0 heterocycles. The molecule has 1 atom stereocenters. The number of hydrogen-bond acceptors (Lipinski definition) is 4. The van der Waals surface area contributed by atoms with E-state index in [2.05, 4.69) is 21.2 Å². The largest absolute Gasteiger partial charge is 0.357 e. The fourth-order valence-electron chi connectivity index (χ4n) is 3.70. The molecule has 0 spiro atoms. The number of aryl methyl sites for hydroxylation is 2. The van der Waals surface area contributed by atoms with Crippen LogP contribution in [0, 0.1) is 13.8 Å². The van der Waals surface area contributed by atoms with Gasteiger partial charge in [-0.05, 0) is 62.7 Å². The van der Waals surface area contributed by atoms with Crippen molar-refractivity contribution in [2.24, 2.45) is 0 Å². The van der Waals surface area contributed by atoms with E-state index in [0.29, 0.717) is 5.69 Å². The first-order valence-corrected chi connectivity index (χ1v) is 13.7. The topological polar surface area (TPSA) is 86.8 Å². The van der Waals surface area contributed by atoms with Gasteiger partial charge in [0, 0.05) is 18.1 Å². The van der Waals surface area contributed by atoms with Crippen molar-refractivity contribution in [2.45, 2.75) is 38.3 Å². The summed E-state index contributed by atoms with van der Waals surface area (Å²) in [5, 5.41) is 2.58. The first-order chi connectivity index (χ1) is 17.0. The van der Waals surface area contributed by atoms with Crippen LogP contribution in [-0.2, 0) is 26.2 Å². The van der Waals surface area contributed by atoms with E-state index in [9.17, 15) is 18.0 Å². The zero-order valence-electron chi connectivity index (χ0n) is 20.7. The van der Waals surface area contributed by atoms with Crippen LogP contribution >= 0.6 is 15.9 Å². The van der Waals surface area contributed by atoms with Crippen LogP contribution in [-0.4, -0.2) is 44.8 Å². The SMILES string of the molecule is CNC(=O)[C@@H](C)N(Cc1cccc(Br)c1)C(=O)CN(c1ccc(C)cc1)S(=O)(=O)c1ccc(C)cc1. The van der Waals surface area contributed by atoms with Crippen LogP contribution < -0.4 is 9.62 Å². The van der Waals surface area contributed by atoms with Crippen LogP contribution in [0.5, 0.6) is 0 Å². The third kappa shape index (κ3) is 6.53. The van der Waals surface area contributed by atoms with E-state index in [1.165, 1.54) is 24.1 Å². The van der Waals surface area contributed by atoms with E-state index in [-0.39, 0.29) is 17.3 Å². The van der Waals surface area contributed by atoms with Crippen LogP contribution in [0.25, 0.3) is 0 Å². The molecule has 36 heavy (non-hydrogen) atoms. The first kappa shape index (κ1) is 27.4. The predicted octanol–water partition coefficient (Wildman–Crippen LogP) is 4.42. The van der Waals surface area contributed by atoms with Gasteiger partial charge in [-0.15, -0.1) is 0 Å². The maximum atomic E-state index is 13.7. The summed E-state index contributed by atoms with van der Waals surface area (Å²) in [6.07, 6.45) is 0. The molecule has 0 fully saturated rings. The predicted molar refractivity (Wildman–Crippen MR) is 145 cm³/mol. The van der Waals surface area contributed by atoms with Crippen molar-refractivity contribution in [2.75, 3.05) is 17.9 Å². The molecule has 0 unspecified atom stereocenters. The highest BCUT2D eigenvalue weighted by Crippen LogP contribution is 2.25. The molecular weight excluding hydrogens is 542 g/mol. The summed E-state index contributed by atoms with van der Waals surface area (Å²) < 4.78 is 29.4. The zero-order chi connectivity index (χ0) is 26.5. The van der Waals surface area contributed by atoms with Gasteiger partial charge in [0.2, 0.25) is 11.8 Å². The molecule has 0 radical (unpaired) electrons. The number of nitrogens with one attached hydrogen (secondary N) is 1. The number of carbonyl (C=O) groups excluding carboxylic acids is 2. The van der Waals surface area contributed by atoms with Gasteiger partial charge in [0.1, 0.15) is 12.6 Å². The molecule has 7 nitrogen and oxygen atoms in total. The highest BCUT2D eigenvalue weighted by molar-refractivity contribution is 9.10. The smallest absolute Gasteiger partial charge is 0.264 e. The maximum absolute atomic E-state index is 13.7. The molecule has 3 aromatic rings. The Labute approximate surface area is 221 Å². The Morgan fingerprint density at radius 2 is 1.53 bits per heavy atom. The molecule has 3 aromatic carbocycles. The van der Waals surface area contributed by atoms with E-state index >= 15 is 0 Å². The summed E-state index contributed by atoms with van der Waals surface area (Å²) in [5.41, 5.74) is 3.05. The molecule has 0 bridgehead atoms. The van der Waals surface area contributed by atoms with Crippen LogP contribution in [0.1, 0.15) is 23.6 Å². The highest BCUT2D eigenvalue weighted by atomic mass is 79.9. The van der Waals surface area contributed by atoms with Gasteiger partial charge in [-0.2, -0.15) is 0 Å². The van der Waals surface area contributed by atoms with Gasteiger partial charge >= 0.3 is 0 Å². The molecule has 0 saturated heterocycles. The Kier molecular flexibility index (Phi) is 8.92. The maximum Gasteiger partial charge on any atom is 0.264 e. The van der Waals surface area contributed by atoms with Crippen molar-refractivity contribution in [3.63, 3.8) is 0 Å². The second-order valence-corrected chi connectivity index (χ2v) is 11.4. The summed E-state index contributed by atoms with van der Waals surface area (Å²) in [6.45, 7) is 5.07. The summed E-state index contributed by atoms with van der Waals surface area (Å²) in [7, 11) is -2.56. The zero-order valence-corrected chi connectivity index (χ0v) is 23.1. The van der Waals surface area contributed by atoms with Crippen molar-refractivity contribution < 1.29 is 18.0 Å². The lowest BCUT2D eigenvalue weighted by Crippen LogP contribution is -2.50. The fraction of sp³-hybridized carbons (Fsp3) is 0.259. The molecule has 2 amide bonds. The number of benzene rings is 3. The van der Waals surface area contributed by atoms with Gasteiger partial charge in [0.05, 0.1) is 10.6 Å².